The summed E-state index contributed by atoms with van der Waals surface area (Å²) in [5.41, 5.74) is 6.95. The molecule has 0 radical (unpaired) electrons. The molecule has 1 aliphatic heterocycles. The lowest BCUT2D eigenvalue weighted by Crippen LogP contribution is -2.47. The van der Waals surface area contributed by atoms with E-state index in [0.29, 0.717) is 22.9 Å². The third kappa shape index (κ3) is 2.32. The molecule has 1 aromatic rings. The molecule has 0 fully saturated rings. The van der Waals surface area contributed by atoms with Crippen molar-refractivity contribution in [1.82, 2.24) is 0 Å². The highest BCUT2D eigenvalue weighted by Crippen LogP contribution is 2.30. The first-order valence-corrected chi connectivity index (χ1v) is 6.11. The number of benzene rings is 1. The lowest BCUT2D eigenvalue weighted by atomic mass is 9.99. The molecule has 0 aromatic heterocycles. The fourth-order valence-electron chi connectivity index (χ4n) is 1.90. The van der Waals surface area contributed by atoms with Crippen LogP contribution in [0.3, 0.4) is 0 Å². The zero-order valence-electron chi connectivity index (χ0n) is 10.6. The second-order valence-corrected chi connectivity index (χ2v) is 4.59. The summed E-state index contributed by atoms with van der Waals surface area (Å²) in [7, 11) is 0. The molecular formula is C13H18N2O3. The summed E-state index contributed by atoms with van der Waals surface area (Å²) in [6.45, 7) is 4.00. The van der Waals surface area contributed by atoms with Gasteiger partial charge < -0.3 is 10.5 Å². The SMILES string of the molecule is CC[C@H](C)Oc1ccc2c(c1)N(O)C(=O)[C@@H](N)C2. The highest BCUT2D eigenvalue weighted by Gasteiger charge is 2.29. The molecule has 2 atom stereocenters. The molecule has 1 amide bonds. The third-order valence-corrected chi connectivity index (χ3v) is 3.16. The minimum absolute atomic E-state index is 0.0942. The second-order valence-electron chi connectivity index (χ2n) is 4.59. The van der Waals surface area contributed by atoms with E-state index in [-0.39, 0.29) is 6.10 Å². The molecule has 0 saturated heterocycles. The Morgan fingerprint density at radius 1 is 1.61 bits per heavy atom. The summed E-state index contributed by atoms with van der Waals surface area (Å²) in [6.07, 6.45) is 1.43. The number of carbonyl (C=O) groups is 1. The van der Waals surface area contributed by atoms with E-state index < -0.39 is 11.9 Å². The van der Waals surface area contributed by atoms with Crippen LogP contribution < -0.4 is 15.5 Å². The second kappa shape index (κ2) is 4.96. The summed E-state index contributed by atoms with van der Waals surface area (Å²) in [4.78, 5) is 11.6. The van der Waals surface area contributed by atoms with E-state index in [4.69, 9.17) is 10.5 Å². The molecule has 0 unspecified atom stereocenters. The Kier molecular flexibility index (Phi) is 3.54. The lowest BCUT2D eigenvalue weighted by Gasteiger charge is -2.28. The Labute approximate surface area is 106 Å². The van der Waals surface area contributed by atoms with Crippen molar-refractivity contribution in [3.8, 4) is 5.75 Å². The first-order chi connectivity index (χ1) is 8.52. The Bertz CT molecular complexity index is 462. The first kappa shape index (κ1) is 12.9. The Morgan fingerprint density at radius 3 is 3.00 bits per heavy atom. The van der Waals surface area contributed by atoms with E-state index in [2.05, 4.69) is 0 Å². The maximum atomic E-state index is 11.6. The predicted octanol–water partition coefficient (Wildman–Crippen LogP) is 1.47. The van der Waals surface area contributed by atoms with Gasteiger partial charge >= 0.3 is 0 Å². The molecular weight excluding hydrogens is 232 g/mol. The molecule has 0 saturated carbocycles. The van der Waals surface area contributed by atoms with Gasteiger partial charge in [-0.1, -0.05) is 13.0 Å². The van der Waals surface area contributed by atoms with Crippen molar-refractivity contribution in [2.45, 2.75) is 38.8 Å². The summed E-state index contributed by atoms with van der Waals surface area (Å²) in [5, 5.41) is 10.4. The van der Waals surface area contributed by atoms with Gasteiger partial charge in [-0.25, -0.2) is 0 Å². The monoisotopic (exact) mass is 250 g/mol. The molecule has 0 spiro atoms. The van der Waals surface area contributed by atoms with E-state index >= 15 is 0 Å². The molecule has 1 heterocycles. The van der Waals surface area contributed by atoms with E-state index in [9.17, 15) is 10.0 Å². The quantitative estimate of drug-likeness (QED) is 0.796. The largest absolute Gasteiger partial charge is 0.491 e. The molecule has 2 rings (SSSR count). The number of nitrogens with zero attached hydrogens (tertiary/aromatic N) is 1. The van der Waals surface area contributed by atoms with Crippen molar-refractivity contribution in [1.29, 1.82) is 0 Å². The minimum atomic E-state index is -0.677. The zero-order chi connectivity index (χ0) is 13.3. The van der Waals surface area contributed by atoms with Gasteiger partial charge in [0.2, 0.25) is 0 Å². The van der Waals surface area contributed by atoms with Crippen LogP contribution in [0, 0.1) is 0 Å². The van der Waals surface area contributed by atoms with Crippen molar-refractivity contribution < 1.29 is 14.7 Å². The number of hydrogen-bond donors (Lipinski definition) is 2. The topological polar surface area (TPSA) is 75.8 Å². The number of ether oxygens (including phenoxy) is 1. The highest BCUT2D eigenvalue weighted by atomic mass is 16.5. The number of rotatable bonds is 3. The summed E-state index contributed by atoms with van der Waals surface area (Å²) < 4.78 is 5.66. The van der Waals surface area contributed by atoms with E-state index in [0.717, 1.165) is 12.0 Å². The first-order valence-electron chi connectivity index (χ1n) is 6.11. The smallest absolute Gasteiger partial charge is 0.267 e. The molecule has 0 aliphatic carbocycles. The van der Waals surface area contributed by atoms with Gasteiger partial charge in [0.15, 0.2) is 0 Å². The van der Waals surface area contributed by atoms with Crippen molar-refractivity contribution in [2.75, 3.05) is 5.06 Å². The summed E-state index contributed by atoms with van der Waals surface area (Å²) >= 11 is 0. The average Bonchev–Trinajstić information content (AvgIpc) is 2.37. The number of anilines is 1. The van der Waals surface area contributed by atoms with Gasteiger partial charge in [0, 0.05) is 6.07 Å². The number of fused-ring (bicyclic) bond motifs is 1. The van der Waals surface area contributed by atoms with Gasteiger partial charge in [-0.3, -0.25) is 10.0 Å². The van der Waals surface area contributed by atoms with E-state index in [1.807, 2.05) is 26.0 Å². The van der Waals surface area contributed by atoms with Gasteiger partial charge in [-0.2, -0.15) is 5.06 Å². The number of amides is 1. The van der Waals surface area contributed by atoms with Crippen molar-refractivity contribution >= 4 is 11.6 Å². The number of carbonyl (C=O) groups excluding carboxylic acids is 1. The highest BCUT2D eigenvalue weighted by molar-refractivity contribution is 5.98. The Morgan fingerprint density at radius 2 is 2.33 bits per heavy atom. The number of hydroxylamine groups is 1. The van der Waals surface area contributed by atoms with Crippen molar-refractivity contribution in [2.24, 2.45) is 5.73 Å². The van der Waals surface area contributed by atoms with Crippen molar-refractivity contribution in [3.05, 3.63) is 23.8 Å². The van der Waals surface area contributed by atoms with Crippen LogP contribution in [0.25, 0.3) is 0 Å². The number of nitrogens with two attached hydrogens (primary N) is 1. The average molecular weight is 250 g/mol. The third-order valence-electron chi connectivity index (χ3n) is 3.16. The Hall–Kier alpha value is -1.59. The van der Waals surface area contributed by atoms with Gasteiger partial charge in [-0.05, 0) is 31.4 Å². The molecule has 98 valence electrons. The molecule has 5 heteroatoms. The van der Waals surface area contributed by atoms with Crippen LogP contribution in [0.4, 0.5) is 5.69 Å². The molecule has 18 heavy (non-hydrogen) atoms. The molecule has 5 nitrogen and oxygen atoms in total. The predicted molar refractivity (Wildman–Crippen MR) is 67.8 cm³/mol. The molecule has 3 N–H and O–H groups in total. The van der Waals surface area contributed by atoms with Gasteiger partial charge in [-0.15, -0.1) is 0 Å². The zero-order valence-corrected chi connectivity index (χ0v) is 10.6. The Balaban J connectivity index is 2.29. The van der Waals surface area contributed by atoms with E-state index in [1.54, 1.807) is 6.07 Å². The van der Waals surface area contributed by atoms with Crippen molar-refractivity contribution in [3.63, 3.8) is 0 Å². The van der Waals surface area contributed by atoms with Crippen LogP contribution >= 0.6 is 0 Å². The van der Waals surface area contributed by atoms with Crippen LogP contribution in [0.5, 0.6) is 5.75 Å². The standard InChI is InChI=1S/C13H18N2O3/c1-3-8(2)18-10-5-4-9-6-11(14)13(16)15(17)12(9)7-10/h4-5,7-8,11,17H,3,6,14H2,1-2H3/t8-,11-/m0/s1. The maximum absolute atomic E-state index is 11.6. The van der Waals surface area contributed by atoms with Crippen LogP contribution in [-0.4, -0.2) is 23.3 Å². The molecule has 1 aliphatic rings. The van der Waals surface area contributed by atoms with Gasteiger partial charge in [0.05, 0.1) is 17.8 Å². The fourth-order valence-corrected chi connectivity index (χ4v) is 1.90. The van der Waals surface area contributed by atoms with Crippen LogP contribution in [0.2, 0.25) is 0 Å². The lowest BCUT2D eigenvalue weighted by molar-refractivity contribution is -0.125. The molecule has 0 bridgehead atoms. The summed E-state index contributed by atoms with van der Waals surface area (Å²) in [6, 6.07) is 4.67. The fraction of sp³-hybridized carbons (Fsp3) is 0.462. The van der Waals surface area contributed by atoms with Crippen LogP contribution in [0.1, 0.15) is 25.8 Å². The normalized spacial score (nSPS) is 20.6. The minimum Gasteiger partial charge on any atom is -0.491 e. The van der Waals surface area contributed by atoms with Crippen LogP contribution in [0.15, 0.2) is 18.2 Å². The molecule has 1 aromatic carbocycles. The maximum Gasteiger partial charge on any atom is 0.267 e. The van der Waals surface area contributed by atoms with Gasteiger partial charge in [0.1, 0.15) is 5.75 Å². The van der Waals surface area contributed by atoms with E-state index in [1.165, 1.54) is 0 Å². The summed E-state index contributed by atoms with van der Waals surface area (Å²) in [5.74, 6) is 0.161. The van der Waals surface area contributed by atoms with Crippen LogP contribution in [-0.2, 0) is 11.2 Å². The van der Waals surface area contributed by atoms with Gasteiger partial charge in [0.25, 0.3) is 5.91 Å². The number of hydrogen-bond acceptors (Lipinski definition) is 4.